The molecular formula is C13H14N4O4S. The van der Waals surface area contributed by atoms with Crippen molar-refractivity contribution in [2.24, 2.45) is 7.05 Å². The molecule has 9 heteroatoms. The Hall–Kier alpha value is -2.26. The molecule has 1 aliphatic rings. The van der Waals surface area contributed by atoms with E-state index in [0.29, 0.717) is 13.0 Å². The molecule has 0 radical (unpaired) electrons. The van der Waals surface area contributed by atoms with Crippen LogP contribution in [-0.2, 0) is 30.0 Å². The van der Waals surface area contributed by atoms with Gasteiger partial charge in [0.25, 0.3) is 5.69 Å². The van der Waals surface area contributed by atoms with E-state index < -0.39 is 14.9 Å². The molecule has 8 nitrogen and oxygen atoms in total. The number of non-ortho nitro benzene ring substituents is 1. The molecule has 0 aliphatic carbocycles. The number of hydrogen-bond acceptors (Lipinski definition) is 5. The highest BCUT2D eigenvalue weighted by atomic mass is 32.2. The predicted molar refractivity (Wildman–Crippen MR) is 77.6 cm³/mol. The first-order valence-electron chi connectivity index (χ1n) is 6.63. The molecule has 0 fully saturated rings. The summed E-state index contributed by atoms with van der Waals surface area (Å²) in [5.74, 6) is 0. The summed E-state index contributed by atoms with van der Waals surface area (Å²) in [6.07, 6.45) is 2.19. The van der Waals surface area contributed by atoms with Gasteiger partial charge in [0.15, 0.2) is 0 Å². The standard InChI is InChI=1S/C13H14N4O4S/c1-15-9-14-12-5-6-16(8-13(12)15)22(20,21)11-4-2-3-10(7-11)17(18)19/h2-4,7,9H,5-6,8H2,1H3. The molecular weight excluding hydrogens is 308 g/mol. The summed E-state index contributed by atoms with van der Waals surface area (Å²) >= 11 is 0. The number of aromatic nitrogens is 2. The van der Waals surface area contributed by atoms with Crippen LogP contribution in [0.4, 0.5) is 5.69 Å². The molecule has 0 saturated carbocycles. The number of aryl methyl sites for hydroxylation is 1. The second kappa shape index (κ2) is 5.18. The second-order valence-corrected chi connectivity index (χ2v) is 7.03. The van der Waals surface area contributed by atoms with Crippen molar-refractivity contribution in [2.45, 2.75) is 17.9 Å². The van der Waals surface area contributed by atoms with Crippen molar-refractivity contribution in [3.05, 3.63) is 52.1 Å². The van der Waals surface area contributed by atoms with Crippen molar-refractivity contribution in [1.82, 2.24) is 13.9 Å². The maximum absolute atomic E-state index is 12.7. The van der Waals surface area contributed by atoms with E-state index in [2.05, 4.69) is 4.98 Å². The van der Waals surface area contributed by atoms with Crippen LogP contribution < -0.4 is 0 Å². The lowest BCUT2D eigenvalue weighted by atomic mass is 10.2. The van der Waals surface area contributed by atoms with Crippen LogP contribution in [-0.4, -0.2) is 33.7 Å². The maximum atomic E-state index is 12.7. The number of fused-ring (bicyclic) bond motifs is 1. The molecule has 2 heterocycles. The number of nitrogens with zero attached hydrogens (tertiary/aromatic N) is 4. The van der Waals surface area contributed by atoms with E-state index in [9.17, 15) is 18.5 Å². The number of benzene rings is 1. The normalized spacial score (nSPS) is 15.5. The van der Waals surface area contributed by atoms with Gasteiger partial charge in [0, 0.05) is 32.1 Å². The molecule has 0 amide bonds. The third kappa shape index (κ3) is 2.38. The Kier molecular flexibility index (Phi) is 3.45. The summed E-state index contributed by atoms with van der Waals surface area (Å²) in [6, 6.07) is 5.12. The van der Waals surface area contributed by atoms with Gasteiger partial charge < -0.3 is 4.57 Å². The Morgan fingerprint density at radius 3 is 2.86 bits per heavy atom. The summed E-state index contributed by atoms with van der Waals surface area (Å²) in [5, 5.41) is 10.8. The van der Waals surface area contributed by atoms with Crippen molar-refractivity contribution in [2.75, 3.05) is 6.54 Å². The van der Waals surface area contributed by atoms with Gasteiger partial charge in [-0.1, -0.05) is 6.07 Å². The van der Waals surface area contributed by atoms with Crippen LogP contribution in [0.25, 0.3) is 0 Å². The highest BCUT2D eigenvalue weighted by Gasteiger charge is 2.31. The molecule has 1 aliphatic heterocycles. The largest absolute Gasteiger partial charge is 0.336 e. The summed E-state index contributed by atoms with van der Waals surface area (Å²) in [6.45, 7) is 0.534. The van der Waals surface area contributed by atoms with Crippen molar-refractivity contribution in [3.8, 4) is 0 Å². The van der Waals surface area contributed by atoms with Crippen molar-refractivity contribution < 1.29 is 13.3 Å². The van der Waals surface area contributed by atoms with Gasteiger partial charge in [0.05, 0.1) is 34.1 Å². The number of sulfonamides is 1. The predicted octanol–water partition coefficient (Wildman–Crippen LogP) is 1.08. The fourth-order valence-corrected chi connectivity index (χ4v) is 3.95. The van der Waals surface area contributed by atoms with Crippen molar-refractivity contribution in [1.29, 1.82) is 0 Å². The molecule has 22 heavy (non-hydrogen) atoms. The molecule has 0 saturated heterocycles. The number of imidazole rings is 1. The first kappa shape index (κ1) is 14.7. The number of nitro benzene ring substituents is 1. The minimum absolute atomic E-state index is 0.0627. The minimum atomic E-state index is -3.77. The van der Waals surface area contributed by atoms with Crippen molar-refractivity contribution in [3.63, 3.8) is 0 Å². The van der Waals surface area contributed by atoms with E-state index in [1.54, 1.807) is 10.9 Å². The Bertz CT molecular complexity index is 843. The van der Waals surface area contributed by atoms with Crippen LogP contribution in [0.15, 0.2) is 35.5 Å². The smallest absolute Gasteiger partial charge is 0.270 e. The van der Waals surface area contributed by atoms with E-state index in [-0.39, 0.29) is 17.1 Å². The Morgan fingerprint density at radius 1 is 1.36 bits per heavy atom. The number of rotatable bonds is 3. The van der Waals surface area contributed by atoms with Gasteiger partial charge in [0.1, 0.15) is 0 Å². The van der Waals surface area contributed by atoms with Crippen LogP contribution in [0.2, 0.25) is 0 Å². The quantitative estimate of drug-likeness (QED) is 0.622. The van der Waals surface area contributed by atoms with Crippen LogP contribution in [0, 0.1) is 10.1 Å². The van der Waals surface area contributed by atoms with Gasteiger partial charge in [-0.15, -0.1) is 0 Å². The molecule has 116 valence electrons. The molecule has 1 aromatic carbocycles. The molecule has 0 N–H and O–H groups in total. The molecule has 1 aromatic heterocycles. The molecule has 0 atom stereocenters. The highest BCUT2D eigenvalue weighted by molar-refractivity contribution is 7.89. The molecule has 0 bridgehead atoms. The highest BCUT2D eigenvalue weighted by Crippen LogP contribution is 2.26. The third-order valence-electron chi connectivity index (χ3n) is 3.74. The average Bonchev–Trinajstić information content (AvgIpc) is 2.88. The molecule has 0 unspecified atom stereocenters. The summed E-state index contributed by atoms with van der Waals surface area (Å²) in [4.78, 5) is 14.4. The zero-order valence-corrected chi connectivity index (χ0v) is 12.7. The minimum Gasteiger partial charge on any atom is -0.336 e. The van der Waals surface area contributed by atoms with E-state index >= 15 is 0 Å². The molecule has 3 rings (SSSR count). The molecule has 0 spiro atoms. The third-order valence-corrected chi connectivity index (χ3v) is 5.58. The van der Waals surface area contributed by atoms with E-state index in [1.807, 2.05) is 7.05 Å². The lowest BCUT2D eigenvalue weighted by molar-refractivity contribution is -0.385. The average molecular weight is 322 g/mol. The van der Waals surface area contributed by atoms with Gasteiger partial charge in [-0.3, -0.25) is 10.1 Å². The van der Waals surface area contributed by atoms with Crippen LogP contribution >= 0.6 is 0 Å². The fraction of sp³-hybridized carbons (Fsp3) is 0.308. The monoisotopic (exact) mass is 322 g/mol. The fourth-order valence-electron chi connectivity index (χ4n) is 2.50. The SMILES string of the molecule is Cn1cnc2c1CN(S(=O)(=O)c1cccc([N+](=O)[O-])c1)CC2. The topological polar surface area (TPSA) is 98.3 Å². The first-order valence-corrected chi connectivity index (χ1v) is 8.07. The van der Waals surface area contributed by atoms with E-state index in [4.69, 9.17) is 0 Å². The first-order chi connectivity index (χ1) is 10.4. The Labute approximate surface area is 127 Å². The van der Waals surface area contributed by atoms with Crippen LogP contribution in [0.1, 0.15) is 11.4 Å². The lowest BCUT2D eigenvalue weighted by Gasteiger charge is -2.26. The number of nitro groups is 1. The van der Waals surface area contributed by atoms with Crippen molar-refractivity contribution >= 4 is 15.7 Å². The van der Waals surface area contributed by atoms with Crippen LogP contribution in [0.3, 0.4) is 0 Å². The van der Waals surface area contributed by atoms with Gasteiger partial charge in [0.2, 0.25) is 10.0 Å². The zero-order chi connectivity index (χ0) is 15.9. The molecule has 2 aromatic rings. The zero-order valence-electron chi connectivity index (χ0n) is 11.8. The maximum Gasteiger partial charge on any atom is 0.270 e. The Balaban J connectivity index is 1.96. The number of hydrogen-bond donors (Lipinski definition) is 0. The van der Waals surface area contributed by atoms with Gasteiger partial charge in [-0.05, 0) is 6.07 Å². The van der Waals surface area contributed by atoms with E-state index in [1.165, 1.54) is 22.5 Å². The van der Waals surface area contributed by atoms with Crippen LogP contribution in [0.5, 0.6) is 0 Å². The summed E-state index contributed by atoms with van der Waals surface area (Å²) in [7, 11) is -1.95. The Morgan fingerprint density at radius 2 is 2.14 bits per heavy atom. The second-order valence-electron chi connectivity index (χ2n) is 5.09. The van der Waals surface area contributed by atoms with Gasteiger partial charge >= 0.3 is 0 Å². The summed E-state index contributed by atoms with van der Waals surface area (Å²) in [5.41, 5.74) is 1.51. The van der Waals surface area contributed by atoms with Gasteiger partial charge in [-0.25, -0.2) is 13.4 Å². The summed E-state index contributed by atoms with van der Waals surface area (Å²) < 4.78 is 28.5. The lowest BCUT2D eigenvalue weighted by Crippen LogP contribution is -2.36. The van der Waals surface area contributed by atoms with E-state index in [0.717, 1.165) is 17.5 Å². The van der Waals surface area contributed by atoms with Gasteiger partial charge in [-0.2, -0.15) is 4.31 Å².